The number of carbonyl (C=O) groups is 1. The lowest BCUT2D eigenvalue weighted by Gasteiger charge is -1.97. The normalized spacial score (nSPS) is 11.2. The Hall–Kier alpha value is -2.23. The van der Waals surface area contributed by atoms with Crippen LogP contribution in [0, 0.1) is 0 Å². The second-order valence-electron chi connectivity index (χ2n) is 4.09. The van der Waals surface area contributed by atoms with Gasteiger partial charge in [0.2, 0.25) is 0 Å². The van der Waals surface area contributed by atoms with Crippen molar-refractivity contribution in [1.82, 2.24) is 14.8 Å². The third-order valence-corrected chi connectivity index (χ3v) is 3.06. The van der Waals surface area contributed by atoms with Gasteiger partial charge in [-0.2, -0.15) is 5.10 Å². The van der Waals surface area contributed by atoms with E-state index >= 15 is 0 Å². The predicted octanol–water partition coefficient (Wildman–Crippen LogP) is 2.32. The first-order valence-electron chi connectivity index (χ1n) is 5.40. The Morgan fingerprint density at radius 2 is 2.00 bits per heavy atom. The van der Waals surface area contributed by atoms with Crippen LogP contribution in [0.3, 0.4) is 0 Å². The van der Waals surface area contributed by atoms with Crippen molar-refractivity contribution < 1.29 is 4.79 Å². The molecule has 0 saturated carbocycles. The van der Waals surface area contributed by atoms with Gasteiger partial charge >= 0.3 is 0 Å². The van der Waals surface area contributed by atoms with Crippen molar-refractivity contribution in [2.24, 2.45) is 7.05 Å². The van der Waals surface area contributed by atoms with E-state index in [2.05, 4.69) is 10.2 Å². The average Bonchev–Trinajstić information content (AvgIpc) is 2.64. The smallest absolute Gasteiger partial charge is 0.180 e. The number of ketones is 1. The van der Waals surface area contributed by atoms with Gasteiger partial charge in [-0.25, -0.2) is 0 Å². The molecule has 84 valence electrons. The molecule has 2 heterocycles. The molecule has 3 rings (SSSR count). The number of benzene rings is 1. The van der Waals surface area contributed by atoms with Crippen molar-refractivity contribution in [3.05, 3.63) is 36.2 Å². The van der Waals surface area contributed by atoms with Gasteiger partial charge in [0.15, 0.2) is 5.78 Å². The molecule has 0 N–H and O–H groups in total. The first-order valence-corrected chi connectivity index (χ1v) is 5.40. The fourth-order valence-electron chi connectivity index (χ4n) is 2.25. The fourth-order valence-corrected chi connectivity index (χ4v) is 2.25. The number of aryl methyl sites for hydroxylation is 1. The monoisotopic (exact) mass is 225 g/mol. The summed E-state index contributed by atoms with van der Waals surface area (Å²) in [6, 6.07) is 7.98. The molecule has 0 saturated heterocycles. The molecule has 0 spiro atoms. The maximum absolute atomic E-state index is 11.6. The van der Waals surface area contributed by atoms with Gasteiger partial charge < -0.3 is 4.57 Å². The summed E-state index contributed by atoms with van der Waals surface area (Å²) in [7, 11) is 1.97. The second-order valence-corrected chi connectivity index (χ2v) is 4.09. The summed E-state index contributed by atoms with van der Waals surface area (Å²) < 4.78 is 2.03. The van der Waals surface area contributed by atoms with Crippen molar-refractivity contribution >= 4 is 27.6 Å². The van der Waals surface area contributed by atoms with E-state index in [0.29, 0.717) is 5.69 Å². The molecule has 0 bridgehead atoms. The summed E-state index contributed by atoms with van der Waals surface area (Å²) in [5.74, 6) is -0.0561. The molecule has 0 aliphatic carbocycles. The minimum Gasteiger partial charge on any atom is -0.342 e. The molecular formula is C13H11N3O. The molecule has 17 heavy (non-hydrogen) atoms. The Morgan fingerprint density at radius 3 is 2.76 bits per heavy atom. The number of nitrogens with zero attached hydrogens (tertiary/aromatic N) is 3. The SMILES string of the molecule is CC(=O)c1nncc2c1c1ccccc1n2C. The van der Waals surface area contributed by atoms with Crippen LogP contribution in [-0.2, 0) is 7.05 Å². The number of aromatic nitrogens is 3. The zero-order valence-electron chi connectivity index (χ0n) is 9.64. The molecule has 1 aromatic carbocycles. The van der Waals surface area contributed by atoms with Crippen molar-refractivity contribution in [1.29, 1.82) is 0 Å². The van der Waals surface area contributed by atoms with E-state index < -0.39 is 0 Å². The molecule has 0 fully saturated rings. The maximum atomic E-state index is 11.6. The first kappa shape index (κ1) is 9.96. The van der Waals surface area contributed by atoms with Gasteiger partial charge in [0.25, 0.3) is 0 Å². The lowest BCUT2D eigenvalue weighted by molar-refractivity contribution is 0.101. The lowest BCUT2D eigenvalue weighted by atomic mass is 10.1. The molecular weight excluding hydrogens is 214 g/mol. The van der Waals surface area contributed by atoms with Crippen LogP contribution in [0.2, 0.25) is 0 Å². The number of fused-ring (bicyclic) bond motifs is 3. The van der Waals surface area contributed by atoms with Crippen LogP contribution in [-0.4, -0.2) is 20.5 Å². The van der Waals surface area contributed by atoms with Crippen LogP contribution in [0.15, 0.2) is 30.5 Å². The summed E-state index contributed by atoms with van der Waals surface area (Å²) in [5.41, 5.74) is 2.46. The van der Waals surface area contributed by atoms with Crippen molar-refractivity contribution in [3.63, 3.8) is 0 Å². The molecule has 2 aromatic heterocycles. The first-order chi connectivity index (χ1) is 8.20. The fraction of sp³-hybridized carbons (Fsp3) is 0.154. The van der Waals surface area contributed by atoms with E-state index in [0.717, 1.165) is 21.8 Å². The topological polar surface area (TPSA) is 47.8 Å². The second kappa shape index (κ2) is 3.38. The summed E-state index contributed by atoms with van der Waals surface area (Å²) in [6.07, 6.45) is 1.70. The van der Waals surface area contributed by atoms with Gasteiger partial charge in [-0.1, -0.05) is 18.2 Å². The largest absolute Gasteiger partial charge is 0.342 e. The molecule has 0 radical (unpaired) electrons. The van der Waals surface area contributed by atoms with Gasteiger partial charge in [0, 0.05) is 30.3 Å². The van der Waals surface area contributed by atoms with E-state index in [-0.39, 0.29) is 5.78 Å². The van der Waals surface area contributed by atoms with E-state index in [1.807, 2.05) is 35.9 Å². The zero-order valence-corrected chi connectivity index (χ0v) is 9.64. The number of hydrogen-bond donors (Lipinski definition) is 0. The molecule has 4 nitrogen and oxygen atoms in total. The summed E-state index contributed by atoms with van der Waals surface area (Å²) in [4.78, 5) is 11.6. The molecule has 3 aromatic rings. The van der Waals surface area contributed by atoms with Crippen LogP contribution >= 0.6 is 0 Å². The minimum atomic E-state index is -0.0561. The molecule has 0 amide bonds. The van der Waals surface area contributed by atoms with Crippen molar-refractivity contribution in [2.75, 3.05) is 0 Å². The maximum Gasteiger partial charge on any atom is 0.180 e. The van der Waals surface area contributed by atoms with E-state index in [9.17, 15) is 4.79 Å². The van der Waals surface area contributed by atoms with Gasteiger partial charge in [0.1, 0.15) is 5.69 Å². The number of hydrogen-bond acceptors (Lipinski definition) is 3. The van der Waals surface area contributed by atoms with Gasteiger partial charge in [0.05, 0.1) is 11.7 Å². The third kappa shape index (κ3) is 1.27. The average molecular weight is 225 g/mol. The summed E-state index contributed by atoms with van der Waals surface area (Å²) in [5, 5.41) is 9.80. The molecule has 4 heteroatoms. The van der Waals surface area contributed by atoms with E-state index in [1.165, 1.54) is 6.92 Å². The number of Topliss-reactive ketones (excluding diaryl/α,β-unsaturated/α-hetero) is 1. The highest BCUT2D eigenvalue weighted by Gasteiger charge is 2.15. The minimum absolute atomic E-state index is 0.0561. The predicted molar refractivity (Wildman–Crippen MR) is 66.0 cm³/mol. The Balaban J connectivity index is 2.63. The van der Waals surface area contributed by atoms with Gasteiger partial charge in [-0.3, -0.25) is 4.79 Å². The number of carbonyl (C=O) groups excluding carboxylic acids is 1. The highest BCUT2D eigenvalue weighted by molar-refractivity contribution is 6.16. The van der Waals surface area contributed by atoms with Crippen LogP contribution < -0.4 is 0 Å². The Kier molecular flexibility index (Phi) is 1.98. The highest BCUT2D eigenvalue weighted by atomic mass is 16.1. The van der Waals surface area contributed by atoms with Gasteiger partial charge in [-0.05, 0) is 6.07 Å². The van der Waals surface area contributed by atoms with Crippen LogP contribution in [0.25, 0.3) is 21.8 Å². The number of rotatable bonds is 1. The quantitative estimate of drug-likeness (QED) is 0.597. The van der Waals surface area contributed by atoms with Crippen LogP contribution in [0.1, 0.15) is 17.4 Å². The Labute approximate surface area is 97.9 Å². The molecule has 0 unspecified atom stereocenters. The van der Waals surface area contributed by atoms with Crippen molar-refractivity contribution in [2.45, 2.75) is 6.92 Å². The standard InChI is InChI=1S/C13H11N3O/c1-8(17)13-12-9-5-3-4-6-10(9)16(2)11(12)7-14-15-13/h3-7H,1-2H3. The van der Waals surface area contributed by atoms with Crippen LogP contribution in [0.4, 0.5) is 0 Å². The van der Waals surface area contributed by atoms with Gasteiger partial charge in [-0.15, -0.1) is 5.10 Å². The third-order valence-electron chi connectivity index (χ3n) is 3.06. The Morgan fingerprint density at radius 1 is 1.24 bits per heavy atom. The van der Waals surface area contributed by atoms with Crippen molar-refractivity contribution in [3.8, 4) is 0 Å². The summed E-state index contributed by atoms with van der Waals surface area (Å²) >= 11 is 0. The van der Waals surface area contributed by atoms with Crippen LogP contribution in [0.5, 0.6) is 0 Å². The molecule has 0 aliphatic heterocycles. The summed E-state index contributed by atoms with van der Waals surface area (Å²) in [6.45, 7) is 1.52. The molecule has 0 aliphatic rings. The lowest BCUT2D eigenvalue weighted by Crippen LogP contribution is -1.99. The zero-order chi connectivity index (χ0) is 12.0. The highest BCUT2D eigenvalue weighted by Crippen LogP contribution is 2.29. The van der Waals surface area contributed by atoms with E-state index in [1.54, 1.807) is 6.20 Å². The molecule has 0 atom stereocenters. The number of para-hydroxylation sites is 1. The Bertz CT molecular complexity index is 743. The van der Waals surface area contributed by atoms with E-state index in [4.69, 9.17) is 0 Å².